The molecule has 5 atom stereocenters. The van der Waals surface area contributed by atoms with Crippen molar-refractivity contribution in [2.45, 2.75) is 207 Å². The monoisotopic (exact) mass is 778 g/mol. The van der Waals surface area contributed by atoms with Crippen molar-refractivity contribution in [2.24, 2.45) is 37.9 Å². The Bertz CT molecular complexity index is 1320. The number of carbonyl (C=O) groups excluding carboxylic acids is 5. The van der Waals surface area contributed by atoms with Gasteiger partial charge >= 0.3 is 17.9 Å². The Morgan fingerprint density at radius 1 is 0.709 bits per heavy atom. The highest BCUT2D eigenvalue weighted by Crippen LogP contribution is 2.64. The maximum absolute atomic E-state index is 15.0. The van der Waals surface area contributed by atoms with Gasteiger partial charge in [0, 0.05) is 31.3 Å². The largest absolute Gasteiger partial charge is 0.462 e. The Morgan fingerprint density at radius 2 is 1.29 bits per heavy atom. The summed E-state index contributed by atoms with van der Waals surface area (Å²) >= 11 is 0. The molecule has 1 aliphatic heterocycles. The summed E-state index contributed by atoms with van der Waals surface area (Å²) in [6, 6.07) is -0.0385. The van der Waals surface area contributed by atoms with Gasteiger partial charge in [-0.05, 0) is 92.3 Å². The first-order valence-corrected chi connectivity index (χ1v) is 21.4. The van der Waals surface area contributed by atoms with Crippen LogP contribution in [0.1, 0.15) is 195 Å². The lowest BCUT2D eigenvalue weighted by atomic mass is 9.45. The molecule has 9 heteroatoms. The van der Waals surface area contributed by atoms with Gasteiger partial charge in [-0.1, -0.05) is 110 Å². The highest BCUT2D eigenvalue weighted by Gasteiger charge is 2.62. The van der Waals surface area contributed by atoms with Crippen molar-refractivity contribution in [2.75, 3.05) is 19.8 Å². The fourth-order valence-corrected chi connectivity index (χ4v) is 9.37. The third-order valence-corrected chi connectivity index (χ3v) is 15.1. The predicted octanol–water partition coefficient (Wildman–Crippen LogP) is 10.7. The number of carbonyl (C=O) groups is 5. The molecule has 1 rings (SSSR count). The molecule has 0 N–H and O–H groups in total. The number of ketones is 1. The minimum atomic E-state index is -1.08. The molecule has 9 nitrogen and oxygen atoms in total. The summed E-state index contributed by atoms with van der Waals surface area (Å²) < 4.78 is 17.6. The average Bonchev–Trinajstić information content (AvgIpc) is 3.30. The SMILES string of the molecule is CCC(C)(C)CC(OC(C)=O)C(C)(CC)C(C)(C)CC(C)(C(=O)OCCOC(=O)CC(C)=O)C(C)(CC)C(C)(C)CC(N1CCCCCC1=O)C(C)(C)CC. The molecule has 1 aliphatic rings. The van der Waals surface area contributed by atoms with Gasteiger partial charge in [0.15, 0.2) is 0 Å². The zero-order chi connectivity index (χ0) is 42.8. The van der Waals surface area contributed by atoms with E-state index in [9.17, 15) is 19.2 Å². The number of ether oxygens (including phenoxy) is 3. The Labute approximate surface area is 336 Å². The van der Waals surface area contributed by atoms with Crippen LogP contribution in [0.25, 0.3) is 0 Å². The van der Waals surface area contributed by atoms with Gasteiger partial charge in [0.25, 0.3) is 0 Å². The van der Waals surface area contributed by atoms with Crippen LogP contribution in [-0.4, -0.2) is 66.4 Å². The molecule has 1 saturated heterocycles. The first kappa shape index (κ1) is 50.6. The minimum Gasteiger partial charge on any atom is -0.462 e. The molecule has 1 fully saturated rings. The number of esters is 3. The van der Waals surface area contributed by atoms with E-state index >= 15 is 4.79 Å². The summed E-state index contributed by atoms with van der Waals surface area (Å²) in [7, 11) is 0. The third-order valence-electron chi connectivity index (χ3n) is 15.1. The maximum atomic E-state index is 15.0. The first-order chi connectivity index (χ1) is 25.1. The predicted molar refractivity (Wildman–Crippen MR) is 221 cm³/mol. The van der Waals surface area contributed by atoms with Crippen molar-refractivity contribution in [3.63, 3.8) is 0 Å². The zero-order valence-electron chi connectivity index (χ0n) is 38.5. The normalized spacial score (nSPS) is 19.2. The molecule has 0 aromatic rings. The van der Waals surface area contributed by atoms with Crippen LogP contribution in [0.4, 0.5) is 0 Å². The van der Waals surface area contributed by atoms with Gasteiger partial charge in [-0.2, -0.15) is 0 Å². The average molecular weight is 778 g/mol. The number of rotatable bonds is 23. The van der Waals surface area contributed by atoms with Crippen LogP contribution in [0, 0.1) is 37.9 Å². The van der Waals surface area contributed by atoms with Crippen molar-refractivity contribution in [1.82, 2.24) is 4.90 Å². The van der Waals surface area contributed by atoms with Gasteiger partial charge in [0.05, 0.1) is 5.41 Å². The molecule has 5 unspecified atom stereocenters. The molecule has 0 aromatic carbocycles. The van der Waals surface area contributed by atoms with Crippen molar-refractivity contribution in [3.05, 3.63) is 0 Å². The van der Waals surface area contributed by atoms with Crippen LogP contribution in [0.2, 0.25) is 0 Å². The van der Waals surface area contributed by atoms with Gasteiger partial charge in [-0.15, -0.1) is 0 Å². The van der Waals surface area contributed by atoms with Crippen molar-refractivity contribution in [1.29, 1.82) is 0 Å². The van der Waals surface area contributed by atoms with E-state index in [0.29, 0.717) is 38.5 Å². The first-order valence-electron chi connectivity index (χ1n) is 21.4. The molecule has 1 heterocycles. The van der Waals surface area contributed by atoms with Crippen LogP contribution < -0.4 is 0 Å². The highest BCUT2D eigenvalue weighted by molar-refractivity contribution is 5.94. The zero-order valence-corrected chi connectivity index (χ0v) is 38.5. The molecule has 0 aromatic heterocycles. The standard InChI is InChI=1S/C46H83NO8/c1-18-40(7,8)31-36(55-34(6)49)44(15,20-3)43(13,14)32-45(16,39(52)54-28-27-53-38(51)29-33(5)48)46(17,21-4)42(11,12)30-35(41(9,10)19-2)47-26-24-22-23-25-37(47)50/h35-36H,18-32H2,1-17H3. The molecule has 0 bridgehead atoms. The van der Waals surface area contributed by atoms with E-state index in [1.807, 2.05) is 6.92 Å². The summed E-state index contributed by atoms with van der Waals surface area (Å²) in [5.74, 6) is -1.43. The molecule has 55 heavy (non-hydrogen) atoms. The number of nitrogens with zero attached hydrogens (tertiary/aromatic N) is 1. The second-order valence-corrected chi connectivity index (χ2v) is 20.2. The molecular weight excluding hydrogens is 695 g/mol. The van der Waals surface area contributed by atoms with E-state index in [1.54, 1.807) is 0 Å². The van der Waals surface area contributed by atoms with Gasteiger partial charge in [-0.3, -0.25) is 24.0 Å². The number of hydrogen-bond acceptors (Lipinski definition) is 8. The minimum absolute atomic E-state index is 0.0385. The Hall–Kier alpha value is -2.45. The Morgan fingerprint density at radius 3 is 1.78 bits per heavy atom. The fraction of sp³-hybridized carbons (Fsp3) is 0.891. The smallest absolute Gasteiger partial charge is 0.313 e. The quantitative estimate of drug-likeness (QED) is 0.0436. The Balaban J connectivity index is 3.98. The molecule has 1 amide bonds. The van der Waals surface area contributed by atoms with Crippen molar-refractivity contribution >= 4 is 29.6 Å². The lowest BCUT2D eigenvalue weighted by Crippen LogP contribution is -2.59. The summed E-state index contributed by atoms with van der Waals surface area (Å²) in [6.45, 7) is 36.2. The molecule has 0 saturated carbocycles. The van der Waals surface area contributed by atoms with E-state index in [0.717, 1.165) is 38.6 Å². The van der Waals surface area contributed by atoms with E-state index < -0.39 is 39.1 Å². The second-order valence-electron chi connectivity index (χ2n) is 20.2. The summed E-state index contributed by atoms with van der Waals surface area (Å²) in [5, 5.41) is 0. The number of likely N-dealkylation sites (tertiary alicyclic amines) is 1. The Kier molecular flexibility index (Phi) is 18.2. The summed E-state index contributed by atoms with van der Waals surface area (Å²) in [4.78, 5) is 67.2. The van der Waals surface area contributed by atoms with Crippen LogP contribution >= 0.6 is 0 Å². The number of amides is 1. The van der Waals surface area contributed by atoms with Crippen molar-refractivity contribution in [3.8, 4) is 0 Å². The highest BCUT2D eigenvalue weighted by atomic mass is 16.6. The van der Waals surface area contributed by atoms with Crippen LogP contribution in [-0.2, 0) is 38.2 Å². The van der Waals surface area contributed by atoms with Crippen LogP contribution in [0.15, 0.2) is 0 Å². The lowest BCUT2D eigenvalue weighted by molar-refractivity contribution is -0.192. The van der Waals surface area contributed by atoms with Gasteiger partial charge < -0.3 is 19.1 Å². The van der Waals surface area contributed by atoms with Crippen LogP contribution in [0.3, 0.4) is 0 Å². The van der Waals surface area contributed by atoms with E-state index in [1.165, 1.54) is 13.8 Å². The second kappa shape index (κ2) is 19.8. The third kappa shape index (κ3) is 12.3. The topological polar surface area (TPSA) is 116 Å². The molecule has 320 valence electrons. The number of hydrogen-bond donors (Lipinski definition) is 0. The summed E-state index contributed by atoms with van der Waals surface area (Å²) in [6.07, 6.45) is 7.76. The molecular formula is C46H83NO8. The number of Topliss-reactive ketones (excluding diaryl/α,β-unsaturated/α-hetero) is 1. The van der Waals surface area contributed by atoms with Gasteiger partial charge in [0.1, 0.15) is 31.5 Å². The van der Waals surface area contributed by atoms with E-state index in [-0.39, 0.29) is 60.1 Å². The van der Waals surface area contributed by atoms with Gasteiger partial charge in [-0.25, -0.2) is 0 Å². The molecule has 0 spiro atoms. The maximum Gasteiger partial charge on any atom is 0.313 e. The lowest BCUT2D eigenvalue weighted by Gasteiger charge is -2.60. The van der Waals surface area contributed by atoms with Crippen LogP contribution in [0.5, 0.6) is 0 Å². The molecule has 0 radical (unpaired) electrons. The van der Waals surface area contributed by atoms with E-state index in [4.69, 9.17) is 14.2 Å². The van der Waals surface area contributed by atoms with E-state index in [2.05, 4.69) is 102 Å². The van der Waals surface area contributed by atoms with Gasteiger partial charge in [0.2, 0.25) is 5.91 Å². The van der Waals surface area contributed by atoms with Crippen molar-refractivity contribution < 1.29 is 38.2 Å². The summed E-state index contributed by atoms with van der Waals surface area (Å²) in [5.41, 5.74) is -3.56. The molecule has 0 aliphatic carbocycles. The fourth-order valence-electron chi connectivity index (χ4n) is 9.37.